The number of benzene rings is 2. The van der Waals surface area contributed by atoms with Crippen molar-refractivity contribution >= 4 is 11.8 Å². The quantitative estimate of drug-likeness (QED) is 0.548. The summed E-state index contributed by atoms with van der Waals surface area (Å²) >= 11 is 0. The molecule has 0 amide bonds. The molecule has 6 heteroatoms. The van der Waals surface area contributed by atoms with Crippen LogP contribution < -0.4 is 9.80 Å². The van der Waals surface area contributed by atoms with Crippen molar-refractivity contribution in [3.05, 3.63) is 82.5 Å². The SMILES string of the molecule is CN(Cc1ccccc1)c1nc2c(c(N3CCCCC3)n1)CN(Cc1cccc(C#N)c1)CC2. The maximum absolute atomic E-state index is 9.25. The molecule has 174 valence electrons. The van der Waals surface area contributed by atoms with E-state index in [0.717, 1.165) is 63.0 Å². The zero-order valence-corrected chi connectivity index (χ0v) is 20.0. The maximum Gasteiger partial charge on any atom is 0.227 e. The molecule has 2 aliphatic heterocycles. The molecule has 2 aromatic carbocycles. The van der Waals surface area contributed by atoms with Crippen LogP contribution >= 0.6 is 0 Å². The van der Waals surface area contributed by atoms with E-state index < -0.39 is 0 Å². The van der Waals surface area contributed by atoms with Crippen LogP contribution in [0.15, 0.2) is 54.6 Å². The van der Waals surface area contributed by atoms with Gasteiger partial charge in [-0.05, 0) is 42.5 Å². The predicted octanol–water partition coefficient (Wildman–Crippen LogP) is 4.53. The maximum atomic E-state index is 9.25. The lowest BCUT2D eigenvalue weighted by Gasteiger charge is -2.35. The Kier molecular flexibility index (Phi) is 6.73. The molecule has 34 heavy (non-hydrogen) atoms. The van der Waals surface area contributed by atoms with E-state index in [1.165, 1.54) is 41.6 Å². The number of hydrogen-bond acceptors (Lipinski definition) is 6. The molecule has 0 atom stereocenters. The Bertz CT molecular complexity index is 1160. The van der Waals surface area contributed by atoms with Gasteiger partial charge in [-0.15, -0.1) is 0 Å². The molecule has 2 aliphatic rings. The van der Waals surface area contributed by atoms with Gasteiger partial charge in [0.15, 0.2) is 0 Å². The molecular formula is C28H32N6. The predicted molar refractivity (Wildman–Crippen MR) is 136 cm³/mol. The molecule has 0 unspecified atom stereocenters. The summed E-state index contributed by atoms with van der Waals surface area (Å²) in [6.45, 7) is 5.57. The summed E-state index contributed by atoms with van der Waals surface area (Å²) in [5.41, 5.74) is 5.63. The first kappa shape index (κ1) is 22.4. The van der Waals surface area contributed by atoms with Crippen LogP contribution in [0.25, 0.3) is 0 Å². The molecule has 3 aromatic rings. The van der Waals surface area contributed by atoms with Crippen LogP contribution in [-0.4, -0.2) is 41.5 Å². The highest BCUT2D eigenvalue weighted by molar-refractivity contribution is 5.54. The third-order valence-electron chi connectivity index (χ3n) is 6.83. The Morgan fingerprint density at radius 3 is 2.53 bits per heavy atom. The fraction of sp³-hybridized carbons (Fsp3) is 0.393. The first-order valence-electron chi connectivity index (χ1n) is 12.3. The van der Waals surface area contributed by atoms with E-state index in [9.17, 15) is 5.26 Å². The van der Waals surface area contributed by atoms with Crippen molar-refractivity contribution in [1.29, 1.82) is 5.26 Å². The number of anilines is 2. The monoisotopic (exact) mass is 452 g/mol. The van der Waals surface area contributed by atoms with Gasteiger partial charge in [-0.25, -0.2) is 4.98 Å². The second kappa shape index (κ2) is 10.2. The Hall–Kier alpha value is -3.43. The lowest BCUT2D eigenvalue weighted by atomic mass is 10.0. The Labute approximate surface area is 202 Å². The van der Waals surface area contributed by atoms with Gasteiger partial charge in [-0.1, -0.05) is 42.5 Å². The van der Waals surface area contributed by atoms with E-state index in [2.05, 4.69) is 64.2 Å². The molecular weight excluding hydrogens is 420 g/mol. The van der Waals surface area contributed by atoms with Crippen molar-refractivity contribution in [2.75, 3.05) is 36.5 Å². The zero-order valence-electron chi connectivity index (χ0n) is 20.0. The van der Waals surface area contributed by atoms with Crippen molar-refractivity contribution in [3.8, 4) is 6.07 Å². The fourth-order valence-electron chi connectivity index (χ4n) is 5.04. The molecule has 5 rings (SSSR count). The summed E-state index contributed by atoms with van der Waals surface area (Å²) in [5.74, 6) is 1.94. The average molecular weight is 453 g/mol. The fourth-order valence-corrected chi connectivity index (χ4v) is 5.04. The first-order valence-corrected chi connectivity index (χ1v) is 12.3. The number of aromatic nitrogens is 2. The standard InChI is InChI=1S/C28H32N6/c1-32(19-22-9-4-2-5-10-22)28-30-26-13-16-33(20-24-12-8-11-23(17-24)18-29)21-25(26)27(31-28)34-14-6-3-7-15-34/h2,4-5,8-12,17H,3,6-7,13-16,19-21H2,1H3. The largest absolute Gasteiger partial charge is 0.356 e. The lowest BCUT2D eigenvalue weighted by Crippen LogP contribution is -2.37. The Morgan fingerprint density at radius 2 is 1.74 bits per heavy atom. The Morgan fingerprint density at radius 1 is 0.941 bits per heavy atom. The number of fused-ring (bicyclic) bond motifs is 1. The minimum Gasteiger partial charge on any atom is -0.356 e. The molecule has 1 fully saturated rings. The molecule has 0 spiro atoms. The number of piperidine rings is 1. The van der Waals surface area contributed by atoms with Gasteiger partial charge in [0.25, 0.3) is 0 Å². The smallest absolute Gasteiger partial charge is 0.227 e. The number of nitriles is 1. The van der Waals surface area contributed by atoms with E-state index in [1.54, 1.807) is 0 Å². The van der Waals surface area contributed by atoms with Crippen LogP contribution in [0.4, 0.5) is 11.8 Å². The van der Waals surface area contributed by atoms with Crippen LogP contribution in [0.5, 0.6) is 0 Å². The van der Waals surface area contributed by atoms with Crippen molar-refractivity contribution < 1.29 is 0 Å². The van der Waals surface area contributed by atoms with Gasteiger partial charge >= 0.3 is 0 Å². The summed E-state index contributed by atoms with van der Waals surface area (Å²) < 4.78 is 0. The molecule has 1 saturated heterocycles. The minimum atomic E-state index is 0.721. The lowest BCUT2D eigenvalue weighted by molar-refractivity contribution is 0.243. The highest BCUT2D eigenvalue weighted by atomic mass is 15.3. The molecule has 6 nitrogen and oxygen atoms in total. The molecule has 0 radical (unpaired) electrons. The van der Waals surface area contributed by atoms with Crippen LogP contribution in [0, 0.1) is 11.3 Å². The zero-order chi connectivity index (χ0) is 23.3. The normalized spacial score (nSPS) is 16.1. The third-order valence-corrected chi connectivity index (χ3v) is 6.83. The highest BCUT2D eigenvalue weighted by Gasteiger charge is 2.27. The van der Waals surface area contributed by atoms with E-state index in [-0.39, 0.29) is 0 Å². The van der Waals surface area contributed by atoms with Gasteiger partial charge in [0, 0.05) is 58.3 Å². The van der Waals surface area contributed by atoms with Crippen molar-refractivity contribution in [3.63, 3.8) is 0 Å². The van der Waals surface area contributed by atoms with E-state index in [1.807, 2.05) is 18.2 Å². The van der Waals surface area contributed by atoms with Crippen LogP contribution in [0.2, 0.25) is 0 Å². The summed E-state index contributed by atoms with van der Waals surface area (Å²) in [4.78, 5) is 17.3. The van der Waals surface area contributed by atoms with Crippen molar-refractivity contribution in [1.82, 2.24) is 14.9 Å². The summed E-state index contributed by atoms with van der Waals surface area (Å²) in [6, 6.07) is 20.7. The molecule has 0 aliphatic carbocycles. The molecule has 0 saturated carbocycles. The summed E-state index contributed by atoms with van der Waals surface area (Å²) in [5, 5.41) is 9.25. The second-order valence-electron chi connectivity index (χ2n) is 9.43. The minimum absolute atomic E-state index is 0.721. The van der Waals surface area contributed by atoms with Gasteiger partial charge in [-0.3, -0.25) is 4.90 Å². The van der Waals surface area contributed by atoms with E-state index in [4.69, 9.17) is 9.97 Å². The first-order chi connectivity index (χ1) is 16.7. The number of rotatable bonds is 6. The van der Waals surface area contributed by atoms with Crippen molar-refractivity contribution in [2.24, 2.45) is 0 Å². The van der Waals surface area contributed by atoms with E-state index >= 15 is 0 Å². The van der Waals surface area contributed by atoms with Gasteiger partial charge in [0.2, 0.25) is 5.95 Å². The summed E-state index contributed by atoms with van der Waals surface area (Å²) in [7, 11) is 2.09. The third kappa shape index (κ3) is 5.05. The molecule has 0 N–H and O–H groups in total. The highest BCUT2D eigenvalue weighted by Crippen LogP contribution is 2.31. The summed E-state index contributed by atoms with van der Waals surface area (Å²) in [6.07, 6.45) is 4.66. The number of nitrogens with zero attached hydrogens (tertiary/aromatic N) is 6. The van der Waals surface area contributed by atoms with Crippen LogP contribution in [0.3, 0.4) is 0 Å². The number of hydrogen-bond donors (Lipinski definition) is 0. The molecule has 1 aromatic heterocycles. The van der Waals surface area contributed by atoms with Gasteiger partial charge in [-0.2, -0.15) is 10.2 Å². The van der Waals surface area contributed by atoms with Crippen LogP contribution in [-0.2, 0) is 26.1 Å². The average Bonchev–Trinajstić information content (AvgIpc) is 2.89. The van der Waals surface area contributed by atoms with Gasteiger partial charge in [0.1, 0.15) is 5.82 Å². The second-order valence-corrected chi connectivity index (χ2v) is 9.43. The van der Waals surface area contributed by atoms with Crippen molar-refractivity contribution in [2.45, 2.75) is 45.3 Å². The van der Waals surface area contributed by atoms with Gasteiger partial charge < -0.3 is 9.80 Å². The topological polar surface area (TPSA) is 59.3 Å². The Balaban J connectivity index is 1.42. The molecule has 3 heterocycles. The van der Waals surface area contributed by atoms with Gasteiger partial charge in [0.05, 0.1) is 17.3 Å². The molecule has 0 bridgehead atoms. The van der Waals surface area contributed by atoms with Crippen LogP contribution in [0.1, 0.15) is 47.2 Å². The van der Waals surface area contributed by atoms with E-state index in [0.29, 0.717) is 0 Å².